The van der Waals surface area contributed by atoms with Gasteiger partial charge in [-0.15, -0.1) is 11.3 Å². The number of carbonyl (C=O) groups is 1. The summed E-state index contributed by atoms with van der Waals surface area (Å²) in [7, 11) is 0. The van der Waals surface area contributed by atoms with Crippen molar-refractivity contribution in [3.63, 3.8) is 0 Å². The Hall–Kier alpha value is -0.940. The predicted octanol–water partition coefficient (Wildman–Crippen LogP) is 3.40. The largest absolute Gasteiger partial charge is 0.481 e. The maximum Gasteiger partial charge on any atom is 0.307 e. The van der Waals surface area contributed by atoms with Crippen molar-refractivity contribution >= 4 is 17.3 Å². The first-order chi connectivity index (χ1) is 9.75. The zero-order valence-corrected chi connectivity index (χ0v) is 12.4. The second kappa shape index (κ2) is 6.22. The van der Waals surface area contributed by atoms with Crippen LogP contribution in [0.15, 0.2) is 5.38 Å². The van der Waals surface area contributed by atoms with E-state index in [9.17, 15) is 9.90 Å². The SMILES string of the molecule is O=C(O)C1CCCCC1c1csc(C2CCOCC2)n1. The summed E-state index contributed by atoms with van der Waals surface area (Å²) in [4.78, 5) is 16.2. The second-order valence-electron chi connectivity index (χ2n) is 5.83. The second-order valence-corrected chi connectivity index (χ2v) is 6.72. The molecule has 2 atom stereocenters. The predicted molar refractivity (Wildman–Crippen MR) is 77.2 cm³/mol. The van der Waals surface area contributed by atoms with E-state index in [1.165, 1.54) is 5.01 Å². The maximum absolute atomic E-state index is 11.4. The van der Waals surface area contributed by atoms with Gasteiger partial charge >= 0.3 is 5.97 Å². The molecule has 0 bridgehead atoms. The number of carboxylic acids is 1. The Balaban J connectivity index is 1.76. The minimum absolute atomic E-state index is 0.117. The van der Waals surface area contributed by atoms with E-state index >= 15 is 0 Å². The van der Waals surface area contributed by atoms with Crippen molar-refractivity contribution in [1.29, 1.82) is 0 Å². The van der Waals surface area contributed by atoms with Crippen LogP contribution in [0.4, 0.5) is 0 Å². The topological polar surface area (TPSA) is 59.4 Å². The Morgan fingerprint density at radius 3 is 2.75 bits per heavy atom. The fourth-order valence-corrected chi connectivity index (χ4v) is 4.44. The van der Waals surface area contributed by atoms with Crippen LogP contribution in [-0.4, -0.2) is 29.3 Å². The van der Waals surface area contributed by atoms with Gasteiger partial charge in [0.1, 0.15) is 0 Å². The summed E-state index contributed by atoms with van der Waals surface area (Å²) >= 11 is 1.70. The number of thiazole rings is 1. The van der Waals surface area contributed by atoms with E-state index in [2.05, 4.69) is 5.38 Å². The number of nitrogens with zero attached hydrogens (tertiary/aromatic N) is 1. The molecule has 5 heteroatoms. The molecule has 0 radical (unpaired) electrons. The minimum Gasteiger partial charge on any atom is -0.481 e. The van der Waals surface area contributed by atoms with Gasteiger partial charge in [0.2, 0.25) is 0 Å². The van der Waals surface area contributed by atoms with E-state index < -0.39 is 5.97 Å². The molecule has 2 aliphatic rings. The average Bonchev–Trinajstić information content (AvgIpc) is 2.98. The van der Waals surface area contributed by atoms with Gasteiger partial charge in [-0.2, -0.15) is 0 Å². The standard InChI is InChI=1S/C15H21NO3S/c17-15(18)12-4-2-1-3-11(12)13-9-20-14(16-13)10-5-7-19-8-6-10/h9-12H,1-8H2,(H,17,18). The molecule has 1 aliphatic carbocycles. The highest BCUT2D eigenvalue weighted by Crippen LogP contribution is 2.39. The van der Waals surface area contributed by atoms with Gasteiger partial charge in [-0.05, 0) is 25.7 Å². The highest BCUT2D eigenvalue weighted by molar-refractivity contribution is 7.09. The zero-order valence-electron chi connectivity index (χ0n) is 11.6. The molecule has 1 aliphatic heterocycles. The van der Waals surface area contributed by atoms with Crippen molar-refractivity contribution < 1.29 is 14.6 Å². The molecule has 1 N–H and O–H groups in total. The molecular formula is C15H21NO3S. The number of hydrogen-bond donors (Lipinski definition) is 1. The lowest BCUT2D eigenvalue weighted by atomic mass is 9.78. The van der Waals surface area contributed by atoms with Crippen LogP contribution >= 0.6 is 11.3 Å². The molecule has 0 aromatic carbocycles. The Kier molecular flexibility index (Phi) is 4.36. The molecule has 1 aromatic heterocycles. The lowest BCUT2D eigenvalue weighted by Gasteiger charge is -2.27. The van der Waals surface area contributed by atoms with Gasteiger partial charge in [-0.3, -0.25) is 4.79 Å². The van der Waals surface area contributed by atoms with Gasteiger partial charge in [-0.25, -0.2) is 4.98 Å². The van der Waals surface area contributed by atoms with Crippen molar-refractivity contribution in [3.8, 4) is 0 Å². The molecule has 2 heterocycles. The monoisotopic (exact) mass is 295 g/mol. The Morgan fingerprint density at radius 2 is 2.00 bits per heavy atom. The summed E-state index contributed by atoms with van der Waals surface area (Å²) in [5.41, 5.74) is 1.02. The van der Waals surface area contributed by atoms with Gasteiger partial charge in [0.05, 0.1) is 16.6 Å². The molecule has 1 saturated carbocycles. The molecule has 1 aromatic rings. The van der Waals surface area contributed by atoms with Gasteiger partial charge in [0, 0.05) is 30.4 Å². The molecule has 0 spiro atoms. The van der Waals surface area contributed by atoms with Crippen molar-refractivity contribution in [3.05, 3.63) is 16.1 Å². The summed E-state index contributed by atoms with van der Waals surface area (Å²) in [6, 6.07) is 0. The molecule has 110 valence electrons. The summed E-state index contributed by atoms with van der Waals surface area (Å²) < 4.78 is 5.39. The molecule has 0 amide bonds. The van der Waals surface area contributed by atoms with Crippen LogP contribution in [0.2, 0.25) is 0 Å². The van der Waals surface area contributed by atoms with Gasteiger partial charge < -0.3 is 9.84 Å². The third-order valence-corrected chi connectivity index (χ3v) is 5.60. The van der Waals surface area contributed by atoms with E-state index in [0.29, 0.717) is 5.92 Å². The van der Waals surface area contributed by atoms with E-state index in [0.717, 1.165) is 57.4 Å². The minimum atomic E-state index is -0.657. The number of carboxylic acid groups (broad SMARTS) is 1. The highest BCUT2D eigenvalue weighted by atomic mass is 32.1. The molecular weight excluding hydrogens is 274 g/mol. The number of hydrogen-bond acceptors (Lipinski definition) is 4. The summed E-state index contributed by atoms with van der Waals surface area (Å²) in [6.07, 6.45) is 6.00. The number of aromatic nitrogens is 1. The van der Waals surface area contributed by atoms with Crippen molar-refractivity contribution in [2.45, 2.75) is 50.4 Å². The van der Waals surface area contributed by atoms with Crippen LogP contribution in [0.3, 0.4) is 0 Å². The normalized spacial score (nSPS) is 28.4. The Morgan fingerprint density at radius 1 is 1.25 bits per heavy atom. The van der Waals surface area contributed by atoms with Gasteiger partial charge in [-0.1, -0.05) is 12.8 Å². The fourth-order valence-electron chi connectivity index (χ4n) is 3.38. The average molecular weight is 295 g/mol. The van der Waals surface area contributed by atoms with Crippen LogP contribution in [0.25, 0.3) is 0 Å². The van der Waals surface area contributed by atoms with Gasteiger partial charge in [0.15, 0.2) is 0 Å². The van der Waals surface area contributed by atoms with Crippen molar-refractivity contribution in [1.82, 2.24) is 4.98 Å². The third-order valence-electron chi connectivity index (χ3n) is 4.57. The Bertz CT molecular complexity index is 467. The van der Waals surface area contributed by atoms with Crippen molar-refractivity contribution in [2.75, 3.05) is 13.2 Å². The summed E-state index contributed by atoms with van der Waals surface area (Å²) in [6.45, 7) is 1.64. The lowest BCUT2D eigenvalue weighted by Crippen LogP contribution is -2.25. The zero-order chi connectivity index (χ0) is 13.9. The van der Waals surface area contributed by atoms with E-state index in [1.807, 2.05) is 0 Å². The lowest BCUT2D eigenvalue weighted by molar-refractivity contribution is -0.143. The van der Waals surface area contributed by atoms with E-state index in [4.69, 9.17) is 9.72 Å². The molecule has 2 fully saturated rings. The van der Waals surface area contributed by atoms with Gasteiger partial charge in [0.25, 0.3) is 0 Å². The Labute approximate surface area is 123 Å². The first kappa shape index (κ1) is 14.0. The van der Waals surface area contributed by atoms with E-state index in [-0.39, 0.29) is 11.8 Å². The highest BCUT2D eigenvalue weighted by Gasteiger charge is 2.33. The number of rotatable bonds is 3. The number of ether oxygens (including phenoxy) is 1. The smallest absolute Gasteiger partial charge is 0.307 e. The number of aliphatic carboxylic acids is 1. The molecule has 2 unspecified atom stereocenters. The molecule has 3 rings (SSSR count). The van der Waals surface area contributed by atoms with Crippen LogP contribution < -0.4 is 0 Å². The quantitative estimate of drug-likeness (QED) is 0.928. The molecule has 20 heavy (non-hydrogen) atoms. The molecule has 1 saturated heterocycles. The summed E-state index contributed by atoms with van der Waals surface area (Å²) in [5.74, 6) is -0.274. The first-order valence-corrected chi connectivity index (χ1v) is 8.39. The molecule has 4 nitrogen and oxygen atoms in total. The van der Waals surface area contributed by atoms with Crippen LogP contribution in [0, 0.1) is 5.92 Å². The third kappa shape index (κ3) is 2.88. The van der Waals surface area contributed by atoms with Crippen LogP contribution in [0.1, 0.15) is 61.1 Å². The van der Waals surface area contributed by atoms with Crippen molar-refractivity contribution in [2.24, 2.45) is 5.92 Å². The van der Waals surface area contributed by atoms with E-state index in [1.54, 1.807) is 11.3 Å². The fraction of sp³-hybridized carbons (Fsp3) is 0.733. The first-order valence-electron chi connectivity index (χ1n) is 7.51. The van der Waals surface area contributed by atoms with Crippen LogP contribution in [0.5, 0.6) is 0 Å². The maximum atomic E-state index is 11.4. The summed E-state index contributed by atoms with van der Waals surface area (Å²) in [5, 5.41) is 12.7. The van der Waals surface area contributed by atoms with Crippen LogP contribution in [-0.2, 0) is 9.53 Å².